The Morgan fingerprint density at radius 3 is 2.46 bits per heavy atom. The van der Waals surface area contributed by atoms with E-state index in [0.717, 1.165) is 9.53 Å². The van der Waals surface area contributed by atoms with Crippen LogP contribution in [0.2, 0.25) is 10.0 Å². The van der Waals surface area contributed by atoms with Crippen molar-refractivity contribution in [1.29, 1.82) is 0 Å². The van der Waals surface area contributed by atoms with Gasteiger partial charge in [-0.2, -0.15) is 13.2 Å². The van der Waals surface area contributed by atoms with E-state index in [1.165, 1.54) is 30.3 Å². The molecule has 0 spiro atoms. The fourth-order valence-electron chi connectivity index (χ4n) is 4.69. The Balaban J connectivity index is 1.52. The predicted molar refractivity (Wildman–Crippen MR) is 128 cm³/mol. The zero-order valence-corrected chi connectivity index (χ0v) is 19.6. The Bertz CT molecular complexity index is 1450. The zero-order chi connectivity index (χ0) is 25.0. The molecule has 1 unspecified atom stereocenters. The van der Waals surface area contributed by atoms with E-state index in [9.17, 15) is 23.2 Å². The smallest absolute Gasteiger partial charge is 0.400 e. The molecule has 0 aliphatic carbocycles. The SMILES string of the molecule is O=c1c2ccc(N3CCC(c4cc(Cl)cc(Cl)c4)(C(F)(F)F)C3)cc2n(O)n1Cc1ccccn1. The van der Waals surface area contributed by atoms with Crippen LogP contribution in [0.4, 0.5) is 18.9 Å². The van der Waals surface area contributed by atoms with Crippen LogP contribution in [0.3, 0.4) is 0 Å². The van der Waals surface area contributed by atoms with Crippen molar-refractivity contribution < 1.29 is 18.4 Å². The van der Waals surface area contributed by atoms with Crippen LogP contribution < -0.4 is 10.5 Å². The van der Waals surface area contributed by atoms with Crippen LogP contribution in [0.1, 0.15) is 17.7 Å². The number of fused-ring (bicyclic) bond motifs is 1. The predicted octanol–water partition coefficient (Wildman–Crippen LogP) is 5.50. The average Bonchev–Trinajstić information content (AvgIpc) is 3.37. The number of benzene rings is 2. The second-order valence-electron chi connectivity index (χ2n) is 8.58. The van der Waals surface area contributed by atoms with Gasteiger partial charge in [0.15, 0.2) is 0 Å². The molecule has 2 aromatic carbocycles. The fraction of sp³-hybridized carbons (Fsp3) is 0.250. The number of nitrogens with zero attached hydrogens (tertiary/aromatic N) is 4. The topological polar surface area (TPSA) is 63.3 Å². The minimum Gasteiger partial charge on any atom is -0.412 e. The summed E-state index contributed by atoms with van der Waals surface area (Å²) in [7, 11) is 0. The summed E-state index contributed by atoms with van der Waals surface area (Å²) in [6, 6.07) is 13.8. The van der Waals surface area contributed by atoms with Crippen LogP contribution in [0, 0.1) is 0 Å². The van der Waals surface area contributed by atoms with Gasteiger partial charge in [0, 0.05) is 35.0 Å². The van der Waals surface area contributed by atoms with E-state index in [1.54, 1.807) is 35.4 Å². The molecular formula is C24H19Cl2F3N4O2. The summed E-state index contributed by atoms with van der Waals surface area (Å²) in [5.74, 6) is 0. The first-order valence-corrected chi connectivity index (χ1v) is 11.5. The lowest BCUT2D eigenvalue weighted by Gasteiger charge is -2.33. The molecule has 4 aromatic rings. The molecule has 0 amide bonds. The summed E-state index contributed by atoms with van der Waals surface area (Å²) >= 11 is 12.0. The zero-order valence-electron chi connectivity index (χ0n) is 18.1. The maximum atomic E-state index is 14.4. The minimum atomic E-state index is -4.55. The fourth-order valence-corrected chi connectivity index (χ4v) is 5.22. The molecular weight excluding hydrogens is 504 g/mol. The second-order valence-corrected chi connectivity index (χ2v) is 9.46. The molecule has 1 aliphatic heterocycles. The number of aromatic nitrogens is 3. The molecule has 11 heteroatoms. The van der Waals surface area contributed by atoms with Gasteiger partial charge < -0.3 is 10.1 Å². The number of alkyl halides is 3. The highest BCUT2D eigenvalue weighted by molar-refractivity contribution is 6.34. The first kappa shape index (κ1) is 23.6. The lowest BCUT2D eigenvalue weighted by molar-refractivity contribution is -0.184. The first-order chi connectivity index (χ1) is 16.6. The third kappa shape index (κ3) is 4.02. The summed E-state index contributed by atoms with van der Waals surface area (Å²) in [5, 5.41) is 11.2. The Hall–Kier alpha value is -3.17. The molecule has 0 radical (unpaired) electrons. The van der Waals surface area contributed by atoms with Crippen molar-refractivity contribution in [3.05, 3.63) is 92.5 Å². The second kappa shape index (κ2) is 8.49. The van der Waals surface area contributed by atoms with E-state index in [4.69, 9.17) is 23.2 Å². The lowest BCUT2D eigenvalue weighted by Crippen LogP contribution is -2.44. The number of rotatable bonds is 4. The number of anilines is 1. The van der Waals surface area contributed by atoms with E-state index < -0.39 is 17.2 Å². The van der Waals surface area contributed by atoms with Crippen molar-refractivity contribution >= 4 is 39.8 Å². The number of hydrogen-bond donors (Lipinski definition) is 1. The highest BCUT2D eigenvalue weighted by Gasteiger charge is 2.59. The molecule has 0 bridgehead atoms. The van der Waals surface area contributed by atoms with E-state index in [-0.39, 0.29) is 52.6 Å². The van der Waals surface area contributed by atoms with Crippen molar-refractivity contribution in [1.82, 2.24) is 14.5 Å². The van der Waals surface area contributed by atoms with E-state index in [0.29, 0.717) is 11.4 Å². The van der Waals surface area contributed by atoms with Gasteiger partial charge in [0.05, 0.1) is 17.6 Å². The molecule has 6 nitrogen and oxygen atoms in total. The van der Waals surface area contributed by atoms with Crippen molar-refractivity contribution in [3.8, 4) is 0 Å². The van der Waals surface area contributed by atoms with Crippen LogP contribution in [0.25, 0.3) is 10.9 Å². The Kier molecular flexibility index (Phi) is 5.72. The lowest BCUT2D eigenvalue weighted by atomic mass is 9.79. The van der Waals surface area contributed by atoms with Gasteiger partial charge in [0.2, 0.25) is 0 Å². The van der Waals surface area contributed by atoms with Gasteiger partial charge in [-0.1, -0.05) is 29.3 Å². The van der Waals surface area contributed by atoms with Crippen LogP contribution in [0.15, 0.2) is 65.6 Å². The monoisotopic (exact) mass is 522 g/mol. The summed E-state index contributed by atoms with van der Waals surface area (Å²) < 4.78 is 44.4. The Morgan fingerprint density at radius 1 is 1.06 bits per heavy atom. The van der Waals surface area contributed by atoms with Crippen LogP contribution in [-0.2, 0) is 12.0 Å². The first-order valence-electron chi connectivity index (χ1n) is 10.7. The summed E-state index contributed by atoms with van der Waals surface area (Å²) in [6.45, 7) is -0.209. The molecule has 1 saturated heterocycles. The van der Waals surface area contributed by atoms with Gasteiger partial charge in [-0.05, 0) is 60.5 Å². The Labute approximate surface area is 207 Å². The largest absolute Gasteiger partial charge is 0.412 e. The van der Waals surface area contributed by atoms with Crippen molar-refractivity contribution in [3.63, 3.8) is 0 Å². The standard InChI is InChI=1S/C24H19Cl2F3N4O2/c25-16-9-15(10-17(26)11-16)23(24(27,28)29)6-8-31(14-23)19-4-5-20-21(12-19)33(35)32(22(20)34)13-18-3-1-2-7-30-18/h1-5,7,9-12,35H,6,8,13-14H2. The van der Waals surface area contributed by atoms with E-state index in [2.05, 4.69) is 4.98 Å². The molecule has 2 aromatic heterocycles. The quantitative estimate of drug-likeness (QED) is 0.359. The van der Waals surface area contributed by atoms with Crippen LogP contribution >= 0.6 is 23.2 Å². The normalized spacial score (nSPS) is 18.5. The van der Waals surface area contributed by atoms with E-state index >= 15 is 0 Å². The van der Waals surface area contributed by atoms with Crippen molar-refractivity contribution in [2.45, 2.75) is 24.6 Å². The third-order valence-electron chi connectivity index (χ3n) is 6.52. The molecule has 1 aliphatic rings. The maximum absolute atomic E-state index is 14.4. The van der Waals surface area contributed by atoms with Crippen molar-refractivity contribution in [2.75, 3.05) is 18.0 Å². The molecule has 1 atom stereocenters. The molecule has 3 heterocycles. The molecule has 182 valence electrons. The molecule has 35 heavy (non-hydrogen) atoms. The van der Waals surface area contributed by atoms with Crippen molar-refractivity contribution in [2.24, 2.45) is 0 Å². The molecule has 1 N–H and O–H groups in total. The van der Waals surface area contributed by atoms with Gasteiger partial charge in [-0.3, -0.25) is 9.78 Å². The number of halogens is 5. The van der Waals surface area contributed by atoms with Crippen LogP contribution in [0.5, 0.6) is 0 Å². The Morgan fingerprint density at radius 2 is 1.80 bits per heavy atom. The number of hydrogen-bond acceptors (Lipinski definition) is 4. The molecule has 5 rings (SSSR count). The summed E-state index contributed by atoms with van der Waals surface area (Å²) in [4.78, 5) is 19.3. The summed E-state index contributed by atoms with van der Waals surface area (Å²) in [6.07, 6.45) is -3.17. The number of pyridine rings is 1. The van der Waals surface area contributed by atoms with E-state index in [1.807, 2.05) is 0 Å². The average molecular weight is 523 g/mol. The summed E-state index contributed by atoms with van der Waals surface area (Å²) in [5.41, 5.74) is -1.37. The molecule has 0 saturated carbocycles. The van der Waals surface area contributed by atoms with Gasteiger partial charge in [-0.25, -0.2) is 4.68 Å². The molecule has 1 fully saturated rings. The minimum absolute atomic E-state index is 0.00617. The third-order valence-corrected chi connectivity index (χ3v) is 6.96. The highest BCUT2D eigenvalue weighted by atomic mass is 35.5. The maximum Gasteiger partial charge on any atom is 0.400 e. The highest BCUT2D eigenvalue weighted by Crippen LogP contribution is 2.49. The van der Waals surface area contributed by atoms with Gasteiger partial charge in [-0.15, -0.1) is 4.85 Å². The van der Waals surface area contributed by atoms with Gasteiger partial charge in [0.1, 0.15) is 10.9 Å². The van der Waals surface area contributed by atoms with Crippen LogP contribution in [-0.4, -0.2) is 39.0 Å². The van der Waals surface area contributed by atoms with Gasteiger partial charge in [0.25, 0.3) is 5.56 Å². The van der Waals surface area contributed by atoms with Gasteiger partial charge >= 0.3 is 6.18 Å².